The lowest BCUT2D eigenvalue weighted by Gasteiger charge is -2.35. The normalized spacial score (nSPS) is 21.7. The van der Waals surface area contributed by atoms with Gasteiger partial charge in [-0.2, -0.15) is 0 Å². The number of carbonyl (C=O) groups is 1. The standard InChI is InChI=1S/C16H23N5O/c22-16(19-12-14-4-2-1-3-5-14)21-10-8-20(9-11-21)15-13-17-6-7-18-15/h1-2,6-7,13-14H,3-5,8-12H2,(H,19,22). The first kappa shape index (κ1) is 14.8. The number of carbonyl (C=O) groups excluding carboxylic acids is 1. The van der Waals surface area contributed by atoms with Crippen molar-refractivity contribution in [3.05, 3.63) is 30.7 Å². The van der Waals surface area contributed by atoms with Crippen molar-refractivity contribution in [1.82, 2.24) is 20.2 Å². The van der Waals surface area contributed by atoms with Crippen molar-refractivity contribution in [2.45, 2.75) is 19.3 Å². The molecule has 1 saturated heterocycles. The lowest BCUT2D eigenvalue weighted by molar-refractivity contribution is 0.192. The summed E-state index contributed by atoms with van der Waals surface area (Å²) in [6.45, 7) is 3.85. The molecule has 1 atom stereocenters. The van der Waals surface area contributed by atoms with E-state index in [0.717, 1.165) is 51.4 Å². The van der Waals surface area contributed by atoms with Crippen LogP contribution in [0, 0.1) is 5.92 Å². The summed E-state index contributed by atoms with van der Waals surface area (Å²) in [5.41, 5.74) is 0. The van der Waals surface area contributed by atoms with Gasteiger partial charge in [0.05, 0.1) is 6.20 Å². The summed E-state index contributed by atoms with van der Waals surface area (Å²) in [4.78, 5) is 24.7. The van der Waals surface area contributed by atoms with Gasteiger partial charge in [-0.15, -0.1) is 0 Å². The number of amides is 2. The Bertz CT molecular complexity index is 511. The molecule has 0 radical (unpaired) electrons. The third kappa shape index (κ3) is 3.75. The number of hydrogen-bond donors (Lipinski definition) is 1. The fourth-order valence-corrected chi connectivity index (χ4v) is 2.98. The maximum Gasteiger partial charge on any atom is 0.317 e. The van der Waals surface area contributed by atoms with Gasteiger partial charge in [0.1, 0.15) is 5.82 Å². The summed E-state index contributed by atoms with van der Waals surface area (Å²) in [5, 5.41) is 3.08. The number of nitrogens with zero attached hydrogens (tertiary/aromatic N) is 4. The first-order valence-corrected chi connectivity index (χ1v) is 8.01. The van der Waals surface area contributed by atoms with Gasteiger partial charge in [-0.25, -0.2) is 9.78 Å². The van der Waals surface area contributed by atoms with E-state index >= 15 is 0 Å². The van der Waals surface area contributed by atoms with Gasteiger partial charge in [0.15, 0.2) is 0 Å². The highest BCUT2D eigenvalue weighted by atomic mass is 16.2. The average Bonchev–Trinajstić information content (AvgIpc) is 2.61. The number of aromatic nitrogens is 2. The Morgan fingerprint density at radius 3 is 2.77 bits per heavy atom. The van der Waals surface area contributed by atoms with Crippen LogP contribution in [0.5, 0.6) is 0 Å². The van der Waals surface area contributed by atoms with Crippen LogP contribution < -0.4 is 10.2 Å². The number of allylic oxidation sites excluding steroid dienone is 2. The molecule has 0 bridgehead atoms. The zero-order chi connectivity index (χ0) is 15.2. The largest absolute Gasteiger partial charge is 0.352 e. The molecule has 2 heterocycles. The summed E-state index contributed by atoms with van der Waals surface area (Å²) >= 11 is 0. The molecule has 1 aliphatic heterocycles. The third-order valence-electron chi connectivity index (χ3n) is 4.36. The summed E-state index contributed by atoms with van der Waals surface area (Å²) in [6.07, 6.45) is 13.0. The van der Waals surface area contributed by atoms with E-state index in [2.05, 4.69) is 32.3 Å². The lowest BCUT2D eigenvalue weighted by Crippen LogP contribution is -2.52. The van der Waals surface area contributed by atoms with Gasteiger partial charge >= 0.3 is 6.03 Å². The first-order valence-electron chi connectivity index (χ1n) is 8.01. The quantitative estimate of drug-likeness (QED) is 0.863. The molecule has 3 rings (SSSR count). The van der Waals surface area contributed by atoms with E-state index in [1.807, 2.05) is 4.90 Å². The van der Waals surface area contributed by atoms with Crippen molar-refractivity contribution in [2.24, 2.45) is 5.92 Å². The second kappa shape index (κ2) is 7.24. The Labute approximate surface area is 131 Å². The number of urea groups is 1. The Kier molecular flexibility index (Phi) is 4.88. The van der Waals surface area contributed by atoms with E-state index < -0.39 is 0 Å². The summed E-state index contributed by atoms with van der Waals surface area (Å²) in [7, 11) is 0. The number of nitrogens with one attached hydrogen (secondary N) is 1. The minimum Gasteiger partial charge on any atom is -0.352 e. The van der Waals surface area contributed by atoms with Crippen molar-refractivity contribution in [2.75, 3.05) is 37.6 Å². The molecule has 0 aromatic carbocycles. The first-order chi connectivity index (χ1) is 10.8. The monoisotopic (exact) mass is 301 g/mol. The maximum absolute atomic E-state index is 12.2. The predicted octanol–water partition coefficient (Wildman–Crippen LogP) is 1.66. The zero-order valence-corrected chi connectivity index (χ0v) is 12.8. The van der Waals surface area contributed by atoms with Crippen LogP contribution in [-0.4, -0.2) is 53.6 Å². The van der Waals surface area contributed by atoms with E-state index in [9.17, 15) is 4.79 Å². The topological polar surface area (TPSA) is 61.4 Å². The molecule has 2 aliphatic rings. The Hall–Kier alpha value is -2.11. The molecular formula is C16H23N5O. The summed E-state index contributed by atoms with van der Waals surface area (Å²) in [5.74, 6) is 1.48. The molecule has 1 aromatic rings. The van der Waals surface area contributed by atoms with Gasteiger partial charge in [-0.3, -0.25) is 4.98 Å². The lowest BCUT2D eigenvalue weighted by atomic mass is 9.94. The fraction of sp³-hybridized carbons (Fsp3) is 0.562. The second-order valence-corrected chi connectivity index (χ2v) is 5.87. The van der Waals surface area contributed by atoms with Crippen LogP contribution in [0.15, 0.2) is 30.7 Å². The highest BCUT2D eigenvalue weighted by molar-refractivity contribution is 5.74. The van der Waals surface area contributed by atoms with Crippen molar-refractivity contribution >= 4 is 11.8 Å². The molecule has 0 spiro atoms. The van der Waals surface area contributed by atoms with Crippen LogP contribution in [0.25, 0.3) is 0 Å². The number of hydrogen-bond acceptors (Lipinski definition) is 4. The van der Waals surface area contributed by atoms with Crippen molar-refractivity contribution in [1.29, 1.82) is 0 Å². The summed E-state index contributed by atoms with van der Waals surface area (Å²) < 4.78 is 0. The van der Waals surface area contributed by atoms with Gasteiger partial charge in [-0.1, -0.05) is 12.2 Å². The third-order valence-corrected chi connectivity index (χ3v) is 4.36. The molecule has 1 aromatic heterocycles. The minimum absolute atomic E-state index is 0.0633. The molecular weight excluding hydrogens is 278 g/mol. The molecule has 6 heteroatoms. The molecule has 0 saturated carbocycles. The zero-order valence-electron chi connectivity index (χ0n) is 12.8. The van der Waals surface area contributed by atoms with E-state index in [4.69, 9.17) is 0 Å². The molecule has 118 valence electrons. The van der Waals surface area contributed by atoms with E-state index in [0.29, 0.717) is 5.92 Å². The minimum atomic E-state index is 0.0633. The van der Waals surface area contributed by atoms with Crippen molar-refractivity contribution in [3.8, 4) is 0 Å². The number of anilines is 1. The maximum atomic E-state index is 12.2. The van der Waals surface area contributed by atoms with Crippen LogP contribution in [0.3, 0.4) is 0 Å². The van der Waals surface area contributed by atoms with E-state index in [-0.39, 0.29) is 6.03 Å². The van der Waals surface area contributed by atoms with Crippen LogP contribution in [0.4, 0.5) is 10.6 Å². The molecule has 1 fully saturated rings. The molecule has 2 amide bonds. The predicted molar refractivity (Wildman–Crippen MR) is 85.7 cm³/mol. The van der Waals surface area contributed by atoms with Gasteiger partial charge in [0.25, 0.3) is 0 Å². The SMILES string of the molecule is O=C(NCC1CC=CCC1)N1CCN(c2cnccn2)CC1. The number of rotatable bonds is 3. The summed E-state index contributed by atoms with van der Waals surface area (Å²) in [6, 6.07) is 0.0633. The average molecular weight is 301 g/mol. The molecule has 1 aliphatic carbocycles. The highest BCUT2D eigenvalue weighted by Gasteiger charge is 2.22. The van der Waals surface area contributed by atoms with Gasteiger partial charge < -0.3 is 15.1 Å². The molecule has 1 unspecified atom stereocenters. The Morgan fingerprint density at radius 1 is 1.23 bits per heavy atom. The molecule has 6 nitrogen and oxygen atoms in total. The van der Waals surface area contributed by atoms with Crippen molar-refractivity contribution in [3.63, 3.8) is 0 Å². The van der Waals surface area contributed by atoms with Crippen LogP contribution >= 0.6 is 0 Å². The van der Waals surface area contributed by atoms with Crippen molar-refractivity contribution < 1.29 is 4.79 Å². The van der Waals surface area contributed by atoms with Crippen LogP contribution in [-0.2, 0) is 0 Å². The highest BCUT2D eigenvalue weighted by Crippen LogP contribution is 2.17. The number of piperazine rings is 1. The second-order valence-electron chi connectivity index (χ2n) is 5.87. The smallest absolute Gasteiger partial charge is 0.317 e. The molecule has 1 N–H and O–H groups in total. The van der Waals surface area contributed by atoms with Crippen LogP contribution in [0.2, 0.25) is 0 Å². The molecule has 22 heavy (non-hydrogen) atoms. The van der Waals surface area contributed by atoms with E-state index in [1.54, 1.807) is 18.6 Å². The Balaban J connectivity index is 1.42. The van der Waals surface area contributed by atoms with Gasteiger partial charge in [-0.05, 0) is 25.2 Å². The Morgan fingerprint density at radius 2 is 2.09 bits per heavy atom. The van der Waals surface area contributed by atoms with Gasteiger partial charge in [0, 0.05) is 45.1 Å². The fourth-order valence-electron chi connectivity index (χ4n) is 2.98. The van der Waals surface area contributed by atoms with Crippen LogP contribution in [0.1, 0.15) is 19.3 Å². The van der Waals surface area contributed by atoms with E-state index in [1.165, 1.54) is 6.42 Å². The van der Waals surface area contributed by atoms with Gasteiger partial charge in [0.2, 0.25) is 0 Å².